The molecule has 7 heteroatoms. The number of alkyl halides is 3. The van der Waals surface area contributed by atoms with Crippen LogP contribution >= 0.6 is 50.7 Å². The van der Waals surface area contributed by atoms with Gasteiger partial charge in [-0.05, 0) is 29.7 Å². The summed E-state index contributed by atoms with van der Waals surface area (Å²) in [6.07, 6.45) is -1.48. The van der Waals surface area contributed by atoms with E-state index in [2.05, 4.69) is 15.9 Å². The van der Waals surface area contributed by atoms with E-state index in [0.29, 0.717) is 12.1 Å². The summed E-state index contributed by atoms with van der Waals surface area (Å²) in [5, 5.41) is 0. The highest BCUT2D eigenvalue weighted by Crippen LogP contribution is 2.45. The van der Waals surface area contributed by atoms with Crippen molar-refractivity contribution in [2.24, 2.45) is 0 Å². The fraction of sp³-hybridized carbons (Fsp3) is 0.278. The normalized spacial score (nSPS) is 18.0. The first-order valence-corrected chi connectivity index (χ1v) is 9.55. The average Bonchev–Trinajstić information content (AvgIpc) is 3.32. The van der Waals surface area contributed by atoms with Crippen molar-refractivity contribution >= 4 is 56.8 Å². The van der Waals surface area contributed by atoms with Gasteiger partial charge in [0.05, 0.1) is 6.04 Å². The Morgan fingerprint density at radius 2 is 1.92 bits per heavy atom. The van der Waals surface area contributed by atoms with Gasteiger partial charge in [0.2, 0.25) is 3.79 Å². The van der Waals surface area contributed by atoms with Gasteiger partial charge in [-0.1, -0.05) is 93.2 Å². The molecule has 1 heterocycles. The summed E-state index contributed by atoms with van der Waals surface area (Å²) < 4.78 is 4.73. The van der Waals surface area contributed by atoms with Gasteiger partial charge in [0, 0.05) is 11.0 Å². The fourth-order valence-electron chi connectivity index (χ4n) is 2.63. The van der Waals surface area contributed by atoms with Gasteiger partial charge in [-0.15, -0.1) is 0 Å². The molecule has 0 aliphatic carbocycles. The van der Waals surface area contributed by atoms with Crippen LogP contribution in [0.4, 0.5) is 4.79 Å². The van der Waals surface area contributed by atoms with Crippen molar-refractivity contribution in [3.05, 3.63) is 69.7 Å². The van der Waals surface area contributed by atoms with E-state index in [4.69, 9.17) is 39.5 Å². The van der Waals surface area contributed by atoms with Crippen molar-refractivity contribution in [2.75, 3.05) is 6.54 Å². The smallest absolute Gasteiger partial charge is 0.411 e. The lowest BCUT2D eigenvalue weighted by molar-refractivity contribution is 0.0842. The Bertz CT molecular complexity index is 780. The second-order valence-electron chi connectivity index (χ2n) is 5.91. The van der Waals surface area contributed by atoms with Crippen molar-refractivity contribution in [3.63, 3.8) is 0 Å². The van der Waals surface area contributed by atoms with Crippen molar-refractivity contribution < 1.29 is 9.53 Å². The van der Waals surface area contributed by atoms with Gasteiger partial charge in [0.1, 0.15) is 0 Å². The van der Waals surface area contributed by atoms with E-state index >= 15 is 0 Å². The molecule has 2 atom stereocenters. The predicted molar refractivity (Wildman–Crippen MR) is 104 cm³/mol. The van der Waals surface area contributed by atoms with Crippen LogP contribution in [0.25, 0.3) is 0 Å². The quantitative estimate of drug-likeness (QED) is 0.391. The number of aryl methyl sites for hydroxylation is 1. The summed E-state index contributed by atoms with van der Waals surface area (Å²) in [6, 6.07) is 15.0. The van der Waals surface area contributed by atoms with Crippen LogP contribution in [-0.4, -0.2) is 21.3 Å². The molecular weight excluding hydrogens is 448 g/mol. The number of amides is 1. The number of ether oxygens (including phenoxy) is 1. The zero-order chi connectivity index (χ0) is 18.2. The maximum atomic E-state index is 12.5. The molecular formula is C18H15BrCl3NO2. The van der Waals surface area contributed by atoms with E-state index in [1.807, 2.05) is 31.2 Å². The largest absolute Gasteiger partial charge is 0.437 e. The lowest BCUT2D eigenvalue weighted by Gasteiger charge is -2.25. The molecule has 1 fully saturated rings. The summed E-state index contributed by atoms with van der Waals surface area (Å²) in [5.41, 5.74) is 2.81. The van der Waals surface area contributed by atoms with Crippen LogP contribution in [0.1, 0.15) is 28.8 Å². The molecule has 25 heavy (non-hydrogen) atoms. The van der Waals surface area contributed by atoms with Crippen molar-refractivity contribution in [1.82, 2.24) is 4.90 Å². The van der Waals surface area contributed by atoms with Crippen LogP contribution in [-0.2, 0) is 4.74 Å². The minimum atomic E-state index is -1.76. The maximum Gasteiger partial charge on any atom is 0.411 e. The van der Waals surface area contributed by atoms with Gasteiger partial charge < -0.3 is 4.74 Å². The molecule has 0 spiro atoms. The highest BCUT2D eigenvalue weighted by atomic mass is 79.9. The van der Waals surface area contributed by atoms with Gasteiger partial charge >= 0.3 is 6.09 Å². The first kappa shape index (κ1) is 18.8. The Kier molecular flexibility index (Phi) is 5.54. The molecule has 1 amide bonds. The summed E-state index contributed by atoms with van der Waals surface area (Å²) >= 11 is 21.6. The molecule has 0 saturated carbocycles. The molecule has 1 saturated heterocycles. The Morgan fingerprint density at radius 1 is 1.24 bits per heavy atom. The summed E-state index contributed by atoms with van der Waals surface area (Å²) in [4.78, 5) is 14.1. The van der Waals surface area contributed by atoms with Crippen molar-refractivity contribution in [1.29, 1.82) is 0 Å². The fourth-order valence-corrected chi connectivity index (χ4v) is 3.90. The lowest BCUT2D eigenvalue weighted by atomic mass is 10.1. The van der Waals surface area contributed by atoms with Crippen molar-refractivity contribution in [2.45, 2.75) is 22.9 Å². The first-order chi connectivity index (χ1) is 11.8. The Morgan fingerprint density at radius 3 is 2.52 bits per heavy atom. The van der Waals surface area contributed by atoms with E-state index in [1.165, 1.54) is 0 Å². The molecule has 0 bridgehead atoms. The van der Waals surface area contributed by atoms with E-state index in [9.17, 15) is 4.79 Å². The van der Waals surface area contributed by atoms with Crippen LogP contribution in [0.5, 0.6) is 0 Å². The Hall–Kier alpha value is -0.940. The molecule has 2 aromatic rings. The van der Waals surface area contributed by atoms with Crippen LogP contribution in [0.3, 0.4) is 0 Å². The molecule has 0 N–H and O–H groups in total. The second-order valence-corrected chi connectivity index (χ2v) is 9.13. The van der Waals surface area contributed by atoms with Gasteiger partial charge in [-0.3, -0.25) is 4.90 Å². The number of nitrogens with zero attached hydrogens (tertiary/aromatic N) is 1. The number of halogens is 4. The first-order valence-electron chi connectivity index (χ1n) is 7.62. The van der Waals surface area contributed by atoms with E-state index in [1.54, 1.807) is 29.2 Å². The third-order valence-electron chi connectivity index (χ3n) is 3.98. The molecule has 2 aromatic carbocycles. The van der Waals surface area contributed by atoms with Crippen LogP contribution < -0.4 is 0 Å². The Balaban J connectivity index is 1.73. The average molecular weight is 464 g/mol. The summed E-state index contributed by atoms with van der Waals surface area (Å²) in [6.45, 7) is 2.58. The van der Waals surface area contributed by atoms with Crippen LogP contribution in [0, 0.1) is 6.92 Å². The monoisotopic (exact) mass is 461 g/mol. The van der Waals surface area contributed by atoms with Gasteiger partial charge in [0.15, 0.2) is 6.10 Å². The number of benzene rings is 2. The molecule has 3 rings (SSSR count). The zero-order valence-electron chi connectivity index (χ0n) is 13.3. The van der Waals surface area contributed by atoms with E-state index in [0.717, 1.165) is 15.6 Å². The topological polar surface area (TPSA) is 29.3 Å². The number of carbonyl (C=O) groups excluding carboxylic acids is 1. The minimum Gasteiger partial charge on any atom is -0.437 e. The van der Waals surface area contributed by atoms with E-state index < -0.39 is 16.0 Å². The summed E-state index contributed by atoms with van der Waals surface area (Å²) in [7, 11) is 0. The molecule has 0 radical (unpaired) electrons. The number of hydrogen-bond donors (Lipinski definition) is 0. The number of carbonyl (C=O) groups is 1. The van der Waals surface area contributed by atoms with Gasteiger partial charge in [-0.2, -0.15) is 0 Å². The molecule has 132 valence electrons. The number of rotatable bonds is 3. The van der Waals surface area contributed by atoms with Gasteiger partial charge in [0.25, 0.3) is 0 Å². The zero-order valence-corrected chi connectivity index (χ0v) is 17.1. The second kappa shape index (κ2) is 7.36. The van der Waals surface area contributed by atoms with Crippen molar-refractivity contribution in [3.8, 4) is 0 Å². The molecule has 1 aliphatic rings. The predicted octanol–water partition coefficient (Wildman–Crippen LogP) is 6.36. The summed E-state index contributed by atoms with van der Waals surface area (Å²) in [5.74, 6) is 0. The lowest BCUT2D eigenvalue weighted by Crippen LogP contribution is -2.26. The van der Waals surface area contributed by atoms with Crippen LogP contribution in [0.15, 0.2) is 53.0 Å². The molecule has 1 unspecified atom stereocenters. The molecule has 1 aliphatic heterocycles. The maximum absolute atomic E-state index is 12.5. The number of hydrogen-bond acceptors (Lipinski definition) is 2. The highest BCUT2D eigenvalue weighted by Gasteiger charge is 2.45. The SMILES string of the molecule is Cc1ccc(C2CN2C(=O)O[C@H](c2ccccc2)C(Cl)(Cl)Cl)c(Br)c1. The third-order valence-corrected chi connectivity index (χ3v) is 5.26. The molecule has 3 nitrogen and oxygen atoms in total. The van der Waals surface area contributed by atoms with E-state index in [-0.39, 0.29) is 6.04 Å². The van der Waals surface area contributed by atoms with Crippen LogP contribution in [0.2, 0.25) is 0 Å². The standard InChI is InChI=1S/C18H15BrCl3NO2/c1-11-7-8-13(14(19)9-11)15-10-23(15)17(24)25-16(18(20,21)22)12-5-3-2-4-6-12/h2-9,15-16H,10H2,1H3/t15?,16-,23?/m1/s1. The van der Waals surface area contributed by atoms with Gasteiger partial charge in [-0.25, -0.2) is 4.79 Å². The Labute approximate surface area is 169 Å². The third kappa shape index (κ3) is 4.43. The highest BCUT2D eigenvalue weighted by molar-refractivity contribution is 9.10. The minimum absolute atomic E-state index is 0.0331. The molecule has 0 aromatic heterocycles.